The quantitative estimate of drug-likeness (QED) is 0.0378. The van der Waals surface area contributed by atoms with E-state index in [1.807, 2.05) is 0 Å². The second kappa shape index (κ2) is 41.9. The Morgan fingerprint density at radius 3 is 0.885 bits per heavy atom. The molecule has 4 atom stereocenters. The van der Waals surface area contributed by atoms with E-state index in [-0.39, 0.29) is 36.2 Å². The van der Waals surface area contributed by atoms with Gasteiger partial charge in [0.25, 0.3) is 0 Å². The first kappa shape index (κ1) is 57.0. The van der Waals surface area contributed by atoms with Gasteiger partial charge in [0, 0.05) is 25.7 Å². The number of allylic oxidation sites excluding steroid dienone is 1. The normalized spacial score (nSPS) is 20.7. The first-order chi connectivity index (χ1) is 29.8. The zero-order valence-electron chi connectivity index (χ0n) is 40.9. The third-order valence-electron chi connectivity index (χ3n) is 12.7. The van der Waals surface area contributed by atoms with Crippen molar-refractivity contribution in [3.05, 3.63) is 12.3 Å². The molecule has 4 aliphatic rings. The van der Waals surface area contributed by atoms with E-state index in [0.717, 1.165) is 57.1 Å². The van der Waals surface area contributed by atoms with Gasteiger partial charge in [0.05, 0.1) is 11.9 Å². The van der Waals surface area contributed by atoms with Gasteiger partial charge in [-0.1, -0.05) is 188 Å². The number of ether oxygens (including phenoxy) is 4. The van der Waals surface area contributed by atoms with E-state index in [1.165, 1.54) is 193 Å². The van der Waals surface area contributed by atoms with E-state index < -0.39 is 0 Å². The average Bonchev–Trinajstić information content (AvgIpc) is 4.00. The lowest BCUT2D eigenvalue weighted by molar-refractivity contribution is -0.154. The lowest BCUT2D eigenvalue weighted by Crippen LogP contribution is -2.23. The molecular weight excluding hydrogens is 761 g/mol. The van der Waals surface area contributed by atoms with Gasteiger partial charge in [0.15, 0.2) is 0 Å². The second-order valence-corrected chi connectivity index (χ2v) is 18.8. The Morgan fingerprint density at radius 1 is 0.344 bits per heavy atom. The van der Waals surface area contributed by atoms with Crippen LogP contribution in [0.2, 0.25) is 0 Å². The molecule has 0 spiro atoms. The molecule has 7 nitrogen and oxygen atoms in total. The number of unbranched alkanes of at least 4 members (excludes halogenated alkanes) is 24. The third kappa shape index (κ3) is 36.0. The minimum Gasteiger partial charge on any atom is -0.495 e. The summed E-state index contributed by atoms with van der Waals surface area (Å²) in [5.74, 6) is 1.02. The van der Waals surface area contributed by atoms with Crippen molar-refractivity contribution in [2.75, 3.05) is 0 Å². The Balaban J connectivity index is 0.000000407. The summed E-state index contributed by atoms with van der Waals surface area (Å²) in [5.41, 5.74) is 0. The van der Waals surface area contributed by atoms with E-state index in [4.69, 9.17) is 18.9 Å². The maximum absolute atomic E-state index is 11.1. The fourth-order valence-electron chi connectivity index (χ4n) is 8.75. The summed E-state index contributed by atoms with van der Waals surface area (Å²) in [7, 11) is 0. The summed E-state index contributed by atoms with van der Waals surface area (Å²) in [6.07, 6.45) is 51.7. The highest BCUT2D eigenvalue weighted by atomic mass is 16.6. The predicted molar refractivity (Wildman–Crippen MR) is 256 cm³/mol. The molecule has 0 saturated carbocycles. The molecule has 0 aliphatic carbocycles. The molecule has 4 saturated heterocycles. The predicted octanol–water partition coefficient (Wildman–Crippen LogP) is 16.7. The van der Waals surface area contributed by atoms with Crippen LogP contribution < -0.4 is 0 Å². The maximum atomic E-state index is 11.1. The monoisotopic (exact) mass is 861 g/mol. The molecule has 4 heterocycles. The zero-order chi connectivity index (χ0) is 44.4. The topological polar surface area (TPSA) is 88.1 Å². The number of rotatable bonds is 32. The molecule has 4 aliphatic heterocycles. The first-order valence-electron chi connectivity index (χ1n) is 26.7. The minimum atomic E-state index is 0.000910. The van der Waals surface area contributed by atoms with Crippen LogP contribution in [0, 0.1) is 0 Å². The van der Waals surface area contributed by atoms with Crippen molar-refractivity contribution in [3.8, 4) is 0 Å². The Labute approximate surface area is 377 Å². The van der Waals surface area contributed by atoms with E-state index in [9.17, 15) is 14.4 Å². The summed E-state index contributed by atoms with van der Waals surface area (Å²) in [4.78, 5) is 32.7. The Kier molecular flexibility index (Phi) is 39.2. The molecule has 61 heavy (non-hydrogen) atoms. The van der Waals surface area contributed by atoms with E-state index in [0.29, 0.717) is 25.4 Å². The zero-order valence-corrected chi connectivity index (χ0v) is 40.9. The lowest BCUT2D eigenvalue weighted by Gasteiger charge is -2.21. The van der Waals surface area contributed by atoms with E-state index in [2.05, 4.69) is 34.3 Å². The largest absolute Gasteiger partial charge is 0.495 e. The molecule has 0 bridgehead atoms. The minimum absolute atomic E-state index is 0.000910. The van der Waals surface area contributed by atoms with Gasteiger partial charge in [-0.05, 0) is 83.5 Å². The van der Waals surface area contributed by atoms with E-state index in [1.54, 1.807) is 0 Å². The number of cyclic esters (lactones) is 3. The van der Waals surface area contributed by atoms with Crippen molar-refractivity contribution in [3.63, 3.8) is 0 Å². The Bertz CT molecular complexity index is 1040. The lowest BCUT2D eigenvalue weighted by atomic mass is 10.0. The average molecular weight is 861 g/mol. The fraction of sp³-hybridized carbons (Fsp3) is 0.907. The van der Waals surface area contributed by atoms with Gasteiger partial charge in [0.2, 0.25) is 0 Å². The molecule has 0 aromatic carbocycles. The van der Waals surface area contributed by atoms with Crippen molar-refractivity contribution >= 4 is 17.9 Å². The number of carbonyl (C=O) groups is 3. The fourth-order valence-corrected chi connectivity index (χ4v) is 8.75. The van der Waals surface area contributed by atoms with Crippen LogP contribution in [-0.4, -0.2) is 42.3 Å². The van der Waals surface area contributed by atoms with Crippen molar-refractivity contribution < 1.29 is 33.3 Å². The molecule has 0 aromatic rings. The second-order valence-electron chi connectivity index (χ2n) is 18.8. The molecule has 0 aromatic heterocycles. The number of carbonyl (C=O) groups excluding carboxylic acids is 3. The van der Waals surface area contributed by atoms with Crippen molar-refractivity contribution in [2.24, 2.45) is 0 Å². The van der Waals surface area contributed by atoms with Gasteiger partial charge in [0.1, 0.15) is 18.3 Å². The summed E-state index contributed by atoms with van der Waals surface area (Å²) in [5, 5.41) is 0. The van der Waals surface area contributed by atoms with Crippen LogP contribution in [0.25, 0.3) is 0 Å². The highest BCUT2D eigenvalue weighted by Gasteiger charge is 2.23. The van der Waals surface area contributed by atoms with Gasteiger partial charge in [-0.25, -0.2) is 0 Å². The van der Waals surface area contributed by atoms with Crippen LogP contribution in [0.3, 0.4) is 0 Å². The van der Waals surface area contributed by atoms with Crippen LogP contribution in [0.5, 0.6) is 0 Å². The van der Waals surface area contributed by atoms with Gasteiger partial charge in [-0.2, -0.15) is 0 Å². The summed E-state index contributed by atoms with van der Waals surface area (Å²) >= 11 is 0. The van der Waals surface area contributed by atoms with Crippen molar-refractivity contribution in [1.82, 2.24) is 0 Å². The molecule has 4 fully saturated rings. The number of esters is 3. The highest BCUT2D eigenvalue weighted by Crippen LogP contribution is 2.26. The molecule has 4 rings (SSSR count). The molecule has 4 unspecified atom stereocenters. The van der Waals surface area contributed by atoms with Crippen LogP contribution in [0.15, 0.2) is 12.3 Å². The Morgan fingerprint density at radius 2 is 0.607 bits per heavy atom. The third-order valence-corrected chi connectivity index (χ3v) is 12.7. The summed E-state index contributed by atoms with van der Waals surface area (Å²) in [6.45, 7) is 12.9. The summed E-state index contributed by atoms with van der Waals surface area (Å²) in [6, 6.07) is 0. The van der Waals surface area contributed by atoms with Crippen LogP contribution in [0.1, 0.15) is 291 Å². The summed E-state index contributed by atoms with van der Waals surface area (Å²) < 4.78 is 21.2. The van der Waals surface area contributed by atoms with Gasteiger partial charge in [-0.3, -0.25) is 14.4 Å². The number of hydrogen-bond acceptors (Lipinski definition) is 7. The van der Waals surface area contributed by atoms with Gasteiger partial charge < -0.3 is 18.9 Å². The SMILES string of the molecule is C=C1CCC(CCCCCCCCCC)O1.CCCCCCCCC1CCC(=O)O1.CCCCCCCCCC1CCC(=O)O1.CCCCCCCCCC1CCCC(=O)O1. The molecule has 7 heteroatoms. The molecule has 0 radical (unpaired) electrons. The standard InChI is InChI=1S/C15H28O.C14H26O2.C13H24O2.C12H22O2/c1-3-4-5-6-7-8-9-10-11-15-13-12-14(2)16-15;1-2-3-4-5-6-7-8-10-13-11-9-12-14(15)16-13;1-2-3-4-5-6-7-8-9-12-10-11-13(14)15-12;1-2-3-4-5-6-7-8-11-9-10-12(13)14-11/h15H,2-13H2,1H3;13H,2-12H2,1H3;12H,2-11H2,1H3;11H,2-10H2,1H3. The van der Waals surface area contributed by atoms with Crippen LogP contribution in [-0.2, 0) is 33.3 Å². The number of hydrogen-bond donors (Lipinski definition) is 0. The molecule has 358 valence electrons. The van der Waals surface area contributed by atoms with Crippen LogP contribution in [0.4, 0.5) is 0 Å². The highest BCUT2D eigenvalue weighted by molar-refractivity contribution is 5.71. The Hall–Kier alpha value is -2.05. The molecule has 0 N–H and O–H groups in total. The van der Waals surface area contributed by atoms with E-state index >= 15 is 0 Å². The first-order valence-corrected chi connectivity index (χ1v) is 26.7. The van der Waals surface area contributed by atoms with Crippen LogP contribution >= 0.6 is 0 Å². The smallest absolute Gasteiger partial charge is 0.306 e. The molecular formula is C54H100O7. The molecule has 0 amide bonds. The maximum Gasteiger partial charge on any atom is 0.306 e. The van der Waals surface area contributed by atoms with Gasteiger partial charge >= 0.3 is 17.9 Å². The van der Waals surface area contributed by atoms with Gasteiger partial charge in [-0.15, -0.1) is 0 Å². The van der Waals surface area contributed by atoms with Crippen molar-refractivity contribution in [1.29, 1.82) is 0 Å². The van der Waals surface area contributed by atoms with Crippen molar-refractivity contribution in [2.45, 2.75) is 315 Å².